The van der Waals surface area contributed by atoms with Crippen molar-refractivity contribution in [2.45, 2.75) is 6.42 Å². The van der Waals surface area contributed by atoms with Crippen molar-refractivity contribution in [2.24, 2.45) is 7.05 Å². The maximum absolute atomic E-state index is 11.7. The second-order valence-electron chi connectivity index (χ2n) is 6.64. The molecule has 3 N–H and O–H groups in total. The predicted molar refractivity (Wildman–Crippen MR) is 115 cm³/mol. The number of ether oxygens (including phenoxy) is 1. The molecule has 154 valence electrons. The number of benzene rings is 2. The smallest absolute Gasteiger partial charge is 0.225 e. The van der Waals surface area contributed by atoms with Crippen LogP contribution in [0.1, 0.15) is 5.56 Å². The summed E-state index contributed by atoms with van der Waals surface area (Å²) in [4.78, 5) is 16.3. The van der Waals surface area contributed by atoms with E-state index < -0.39 is 0 Å². The first-order chi connectivity index (χ1) is 14.5. The van der Waals surface area contributed by atoms with Gasteiger partial charge in [-0.2, -0.15) is 10.1 Å². The molecule has 4 rings (SSSR count). The minimum Gasteiger partial charge on any atom is -0.496 e. The van der Waals surface area contributed by atoms with Gasteiger partial charge >= 0.3 is 0 Å². The topological polar surface area (TPSA) is 110 Å². The van der Waals surface area contributed by atoms with Gasteiger partial charge in [0.1, 0.15) is 5.75 Å². The minimum atomic E-state index is -0.0880. The van der Waals surface area contributed by atoms with Gasteiger partial charge in [0.15, 0.2) is 5.82 Å². The highest BCUT2D eigenvalue weighted by Gasteiger charge is 2.15. The van der Waals surface area contributed by atoms with E-state index in [1.807, 2.05) is 30.3 Å². The minimum absolute atomic E-state index is 0.0880. The summed E-state index contributed by atoms with van der Waals surface area (Å²) in [6.07, 6.45) is 1.91. The maximum Gasteiger partial charge on any atom is 0.225 e. The standard InChI is InChI=1S/C20H20ClN7O2/c1-22-17(29)9-11-4-5-12(8-16(11)30-3)19-25-20(28(2)27-19)24-15-7-6-14-13(18(15)21)10-23-26-14/h4-8,10H,9H2,1-3H3,(H,22,29)(H,23,26)(H,24,25,27). The number of hydrogen-bond donors (Lipinski definition) is 3. The van der Waals surface area contributed by atoms with Gasteiger partial charge in [0.25, 0.3) is 0 Å². The molecule has 0 spiro atoms. The van der Waals surface area contributed by atoms with Crippen molar-refractivity contribution < 1.29 is 9.53 Å². The first kappa shape index (κ1) is 19.7. The zero-order valence-corrected chi connectivity index (χ0v) is 17.4. The van der Waals surface area contributed by atoms with Crippen LogP contribution >= 0.6 is 11.6 Å². The Balaban J connectivity index is 1.63. The molecule has 0 atom stereocenters. The van der Waals surface area contributed by atoms with E-state index in [2.05, 4.69) is 30.9 Å². The van der Waals surface area contributed by atoms with Crippen LogP contribution in [0.3, 0.4) is 0 Å². The van der Waals surface area contributed by atoms with Gasteiger partial charge in [0.05, 0.1) is 36.0 Å². The molecule has 0 fully saturated rings. The van der Waals surface area contributed by atoms with Crippen LogP contribution in [0, 0.1) is 0 Å². The van der Waals surface area contributed by atoms with Crippen LogP contribution in [0.2, 0.25) is 5.02 Å². The van der Waals surface area contributed by atoms with Crippen LogP contribution in [0.15, 0.2) is 36.5 Å². The number of carbonyl (C=O) groups excluding carboxylic acids is 1. The van der Waals surface area contributed by atoms with Gasteiger partial charge in [-0.15, -0.1) is 5.10 Å². The molecule has 0 bridgehead atoms. The summed E-state index contributed by atoms with van der Waals surface area (Å²) in [5.74, 6) is 1.56. The van der Waals surface area contributed by atoms with Gasteiger partial charge in [-0.1, -0.05) is 23.7 Å². The summed E-state index contributed by atoms with van der Waals surface area (Å²) in [6.45, 7) is 0. The van der Waals surface area contributed by atoms with E-state index in [0.29, 0.717) is 28.2 Å². The van der Waals surface area contributed by atoms with Gasteiger partial charge in [0.2, 0.25) is 11.9 Å². The monoisotopic (exact) mass is 425 g/mol. The van der Waals surface area contributed by atoms with Gasteiger partial charge in [-0.25, -0.2) is 4.68 Å². The summed E-state index contributed by atoms with van der Waals surface area (Å²) in [5, 5.41) is 18.6. The lowest BCUT2D eigenvalue weighted by Gasteiger charge is -2.09. The van der Waals surface area contributed by atoms with E-state index in [1.54, 1.807) is 32.1 Å². The summed E-state index contributed by atoms with van der Waals surface area (Å²) in [6, 6.07) is 9.28. The highest BCUT2D eigenvalue weighted by Crippen LogP contribution is 2.32. The van der Waals surface area contributed by atoms with Gasteiger partial charge in [-0.05, 0) is 18.2 Å². The van der Waals surface area contributed by atoms with Crippen LogP contribution in [-0.2, 0) is 18.3 Å². The van der Waals surface area contributed by atoms with E-state index in [-0.39, 0.29) is 12.3 Å². The Morgan fingerprint density at radius 2 is 2.13 bits per heavy atom. The lowest BCUT2D eigenvalue weighted by atomic mass is 10.1. The fraction of sp³-hybridized carbons (Fsp3) is 0.200. The Bertz CT molecular complexity index is 1230. The average molecular weight is 426 g/mol. The van der Waals surface area contributed by atoms with Crippen LogP contribution in [-0.4, -0.2) is 45.0 Å². The predicted octanol–water partition coefficient (Wildman–Crippen LogP) is 3.05. The number of rotatable bonds is 6. The van der Waals surface area contributed by atoms with Crippen LogP contribution in [0.5, 0.6) is 5.75 Å². The van der Waals surface area contributed by atoms with Crippen molar-refractivity contribution in [3.8, 4) is 17.1 Å². The van der Waals surface area contributed by atoms with E-state index in [0.717, 1.165) is 22.0 Å². The largest absolute Gasteiger partial charge is 0.496 e. The van der Waals surface area contributed by atoms with Crippen molar-refractivity contribution in [1.29, 1.82) is 0 Å². The summed E-state index contributed by atoms with van der Waals surface area (Å²) < 4.78 is 7.09. The first-order valence-electron chi connectivity index (χ1n) is 9.17. The van der Waals surface area contributed by atoms with E-state index in [1.165, 1.54) is 0 Å². The van der Waals surface area contributed by atoms with Crippen LogP contribution in [0.25, 0.3) is 22.3 Å². The third-order valence-corrected chi connectivity index (χ3v) is 5.15. The van der Waals surface area contributed by atoms with Crippen molar-refractivity contribution in [2.75, 3.05) is 19.5 Å². The third kappa shape index (κ3) is 3.67. The number of hydrogen-bond acceptors (Lipinski definition) is 6. The molecule has 9 nitrogen and oxygen atoms in total. The number of H-pyrrole nitrogens is 1. The Labute approximate surface area is 177 Å². The fourth-order valence-corrected chi connectivity index (χ4v) is 3.37. The molecule has 2 aromatic carbocycles. The van der Waals surface area contributed by atoms with Gasteiger partial charge in [-0.3, -0.25) is 9.89 Å². The van der Waals surface area contributed by atoms with Crippen LogP contribution < -0.4 is 15.4 Å². The molecule has 1 amide bonds. The molecule has 0 aliphatic heterocycles. The molecule has 0 saturated carbocycles. The zero-order chi connectivity index (χ0) is 21.3. The first-order valence-corrected chi connectivity index (χ1v) is 9.55. The Kier molecular flexibility index (Phi) is 5.28. The number of anilines is 2. The maximum atomic E-state index is 11.7. The second-order valence-corrected chi connectivity index (χ2v) is 7.02. The molecular weight excluding hydrogens is 406 g/mol. The number of aryl methyl sites for hydroxylation is 1. The molecular formula is C20H20ClN7O2. The molecule has 10 heteroatoms. The number of aromatic nitrogens is 5. The Hall–Kier alpha value is -3.59. The molecule has 0 aliphatic rings. The Morgan fingerprint density at radius 3 is 2.90 bits per heavy atom. The number of fused-ring (bicyclic) bond motifs is 1. The second kappa shape index (κ2) is 8.03. The highest BCUT2D eigenvalue weighted by molar-refractivity contribution is 6.38. The average Bonchev–Trinajstić information content (AvgIpc) is 3.37. The van der Waals surface area contributed by atoms with Crippen molar-refractivity contribution in [3.05, 3.63) is 47.1 Å². The lowest BCUT2D eigenvalue weighted by Crippen LogP contribution is -2.20. The molecule has 30 heavy (non-hydrogen) atoms. The fourth-order valence-electron chi connectivity index (χ4n) is 3.11. The molecule has 2 aromatic heterocycles. The summed E-state index contributed by atoms with van der Waals surface area (Å²) >= 11 is 6.49. The highest BCUT2D eigenvalue weighted by atomic mass is 35.5. The SMILES string of the molecule is CNC(=O)Cc1ccc(-c2nc(Nc3ccc4[nH]ncc4c3Cl)n(C)n2)cc1OC. The number of nitrogens with one attached hydrogen (secondary N) is 3. The zero-order valence-electron chi connectivity index (χ0n) is 16.7. The van der Waals surface area contributed by atoms with Crippen molar-refractivity contribution in [1.82, 2.24) is 30.3 Å². The van der Waals surface area contributed by atoms with Crippen LogP contribution in [0.4, 0.5) is 11.6 Å². The molecule has 0 saturated heterocycles. The number of aromatic amines is 1. The quantitative estimate of drug-likeness (QED) is 0.438. The number of halogens is 1. The third-order valence-electron chi connectivity index (χ3n) is 4.74. The van der Waals surface area contributed by atoms with Gasteiger partial charge < -0.3 is 15.4 Å². The Morgan fingerprint density at radius 1 is 1.30 bits per heavy atom. The number of methoxy groups -OCH3 is 1. The molecule has 0 unspecified atom stereocenters. The van der Waals surface area contributed by atoms with E-state index >= 15 is 0 Å². The number of amides is 1. The normalized spacial score (nSPS) is 10.9. The summed E-state index contributed by atoms with van der Waals surface area (Å²) in [7, 11) is 4.96. The van der Waals surface area contributed by atoms with Crippen molar-refractivity contribution >= 4 is 40.0 Å². The van der Waals surface area contributed by atoms with Crippen molar-refractivity contribution in [3.63, 3.8) is 0 Å². The number of likely N-dealkylation sites (N-methyl/N-ethyl adjacent to an activating group) is 1. The number of nitrogens with zero attached hydrogens (tertiary/aromatic N) is 4. The molecule has 4 aromatic rings. The molecule has 0 aliphatic carbocycles. The number of carbonyl (C=O) groups is 1. The van der Waals surface area contributed by atoms with E-state index in [9.17, 15) is 4.79 Å². The molecule has 0 radical (unpaired) electrons. The molecule has 2 heterocycles. The van der Waals surface area contributed by atoms with Gasteiger partial charge in [0, 0.05) is 30.6 Å². The summed E-state index contributed by atoms with van der Waals surface area (Å²) in [5.41, 5.74) is 3.11. The van der Waals surface area contributed by atoms with E-state index in [4.69, 9.17) is 16.3 Å². The lowest BCUT2D eigenvalue weighted by molar-refractivity contribution is -0.119.